The Morgan fingerprint density at radius 3 is 2.54 bits per heavy atom. The lowest BCUT2D eigenvalue weighted by Crippen LogP contribution is -2.54. The van der Waals surface area contributed by atoms with Crippen LogP contribution in [0.5, 0.6) is 0 Å². The van der Waals surface area contributed by atoms with Gasteiger partial charge in [0.15, 0.2) is 6.61 Å². The Labute approximate surface area is 136 Å². The number of carbonyl (C=O) groups excluding carboxylic acids is 2. The molecule has 130 valence electrons. The molecule has 2 aliphatic heterocycles. The van der Waals surface area contributed by atoms with Crippen LogP contribution in [0.2, 0.25) is 0 Å². The Hall–Kier alpha value is -2.07. The van der Waals surface area contributed by atoms with Crippen LogP contribution < -0.4 is 0 Å². The minimum Gasteiger partial charge on any atom is -0.439 e. The molecule has 2 heterocycles. The largest absolute Gasteiger partial charge is 0.439 e. The summed E-state index contributed by atoms with van der Waals surface area (Å²) in [5, 5.41) is 0. The number of amides is 2. The Bertz CT molecular complexity index is 776. The lowest BCUT2D eigenvalue weighted by Gasteiger charge is -2.39. The van der Waals surface area contributed by atoms with E-state index < -0.39 is 39.4 Å². The summed E-state index contributed by atoms with van der Waals surface area (Å²) in [4.78, 5) is 23.7. The second-order valence-corrected chi connectivity index (χ2v) is 7.70. The highest BCUT2D eigenvalue weighted by Gasteiger charge is 2.40. The van der Waals surface area contributed by atoms with E-state index in [1.807, 2.05) is 0 Å². The van der Waals surface area contributed by atoms with Gasteiger partial charge in [-0.05, 0) is 18.2 Å². The normalized spacial score (nSPS) is 19.5. The van der Waals surface area contributed by atoms with E-state index in [4.69, 9.17) is 0 Å². The molecule has 1 aromatic carbocycles. The molecule has 0 aliphatic carbocycles. The van der Waals surface area contributed by atoms with Gasteiger partial charge in [0.2, 0.25) is 10.0 Å². The molecule has 2 fully saturated rings. The SMILES string of the molecule is O=C1COC(=O)N1CC1CN(S(=O)(=O)Cc2cc(F)ccc2F)C1. The zero-order chi connectivity index (χ0) is 17.5. The molecule has 0 atom stereocenters. The van der Waals surface area contributed by atoms with E-state index in [0.29, 0.717) is 0 Å². The van der Waals surface area contributed by atoms with Gasteiger partial charge in [-0.3, -0.25) is 4.79 Å². The first-order valence-corrected chi connectivity index (χ1v) is 8.76. The molecule has 0 N–H and O–H groups in total. The Morgan fingerprint density at radius 2 is 1.92 bits per heavy atom. The average molecular weight is 360 g/mol. The van der Waals surface area contributed by atoms with Crippen LogP contribution in [0.1, 0.15) is 5.56 Å². The highest BCUT2D eigenvalue weighted by molar-refractivity contribution is 7.88. The van der Waals surface area contributed by atoms with Gasteiger partial charge in [-0.1, -0.05) is 0 Å². The summed E-state index contributed by atoms with van der Waals surface area (Å²) in [6.07, 6.45) is -0.733. The maximum Gasteiger partial charge on any atom is 0.417 e. The number of hydrogen-bond donors (Lipinski definition) is 0. The molecule has 0 bridgehead atoms. The summed E-state index contributed by atoms with van der Waals surface area (Å²) < 4.78 is 56.8. The van der Waals surface area contributed by atoms with Crippen molar-refractivity contribution in [3.63, 3.8) is 0 Å². The molecule has 3 rings (SSSR count). The van der Waals surface area contributed by atoms with Crippen molar-refractivity contribution < 1.29 is 31.5 Å². The van der Waals surface area contributed by atoms with Gasteiger partial charge in [0.25, 0.3) is 5.91 Å². The molecule has 10 heteroatoms. The predicted octanol–water partition coefficient (Wildman–Crippen LogP) is 0.705. The van der Waals surface area contributed by atoms with Gasteiger partial charge >= 0.3 is 6.09 Å². The van der Waals surface area contributed by atoms with Crippen molar-refractivity contribution in [3.8, 4) is 0 Å². The van der Waals surface area contributed by atoms with E-state index in [0.717, 1.165) is 27.4 Å². The molecule has 2 aliphatic rings. The topological polar surface area (TPSA) is 84.0 Å². The summed E-state index contributed by atoms with van der Waals surface area (Å²) in [7, 11) is -3.80. The molecule has 24 heavy (non-hydrogen) atoms. The van der Waals surface area contributed by atoms with Crippen LogP contribution >= 0.6 is 0 Å². The fourth-order valence-corrected chi connectivity index (χ4v) is 4.30. The van der Waals surface area contributed by atoms with Gasteiger partial charge in [0.05, 0.1) is 5.75 Å². The fraction of sp³-hybridized carbons (Fsp3) is 0.429. The van der Waals surface area contributed by atoms with Crippen molar-refractivity contribution in [1.29, 1.82) is 0 Å². The summed E-state index contributed by atoms with van der Waals surface area (Å²) in [5.41, 5.74) is -0.239. The van der Waals surface area contributed by atoms with E-state index >= 15 is 0 Å². The monoisotopic (exact) mass is 360 g/mol. The maximum absolute atomic E-state index is 13.6. The van der Waals surface area contributed by atoms with Crippen LogP contribution in [0, 0.1) is 17.6 Å². The molecule has 0 saturated carbocycles. The lowest BCUT2D eigenvalue weighted by atomic mass is 10.0. The van der Waals surface area contributed by atoms with E-state index in [1.54, 1.807) is 0 Å². The smallest absolute Gasteiger partial charge is 0.417 e. The maximum atomic E-state index is 13.6. The molecule has 0 spiro atoms. The van der Waals surface area contributed by atoms with Crippen molar-refractivity contribution >= 4 is 22.0 Å². The number of rotatable bonds is 5. The lowest BCUT2D eigenvalue weighted by molar-refractivity contribution is -0.126. The third-order valence-corrected chi connectivity index (χ3v) is 5.70. The molecular weight excluding hydrogens is 346 g/mol. The predicted molar refractivity (Wildman–Crippen MR) is 77.1 cm³/mol. The summed E-state index contributed by atoms with van der Waals surface area (Å²) in [5.74, 6) is -2.81. The zero-order valence-electron chi connectivity index (χ0n) is 12.4. The second kappa shape index (κ2) is 6.10. The highest BCUT2D eigenvalue weighted by Crippen LogP contribution is 2.25. The standard InChI is InChI=1S/C14H14F2N2O5S/c15-11-1-2-12(16)10(3-11)8-24(21,22)17-4-9(5-17)6-18-13(19)7-23-14(18)20/h1-3,9H,4-8H2. The van der Waals surface area contributed by atoms with Crippen LogP contribution in [0.4, 0.5) is 13.6 Å². The van der Waals surface area contributed by atoms with Crippen LogP contribution in [-0.2, 0) is 25.3 Å². The van der Waals surface area contributed by atoms with Crippen molar-refractivity contribution in [2.75, 3.05) is 26.2 Å². The van der Waals surface area contributed by atoms with Crippen LogP contribution in [0.25, 0.3) is 0 Å². The summed E-state index contributed by atoms with van der Waals surface area (Å²) >= 11 is 0. The van der Waals surface area contributed by atoms with Crippen molar-refractivity contribution in [2.24, 2.45) is 5.92 Å². The van der Waals surface area contributed by atoms with Gasteiger partial charge in [0.1, 0.15) is 11.6 Å². The number of nitrogens with zero attached hydrogens (tertiary/aromatic N) is 2. The molecule has 0 aromatic heterocycles. The van der Waals surface area contributed by atoms with Crippen molar-refractivity contribution in [1.82, 2.24) is 9.21 Å². The quantitative estimate of drug-likeness (QED) is 0.772. The summed E-state index contributed by atoms with van der Waals surface area (Å²) in [6.45, 7) is -0.00289. The molecule has 0 unspecified atom stereocenters. The van der Waals surface area contributed by atoms with Crippen LogP contribution in [0.3, 0.4) is 0 Å². The molecule has 7 nitrogen and oxygen atoms in total. The Balaban J connectivity index is 1.59. The number of ether oxygens (including phenoxy) is 1. The number of imide groups is 1. The first kappa shape index (κ1) is 16.8. The third kappa shape index (κ3) is 3.24. The molecule has 2 amide bonds. The van der Waals surface area contributed by atoms with Gasteiger partial charge in [-0.15, -0.1) is 0 Å². The van der Waals surface area contributed by atoms with Crippen LogP contribution in [0.15, 0.2) is 18.2 Å². The van der Waals surface area contributed by atoms with Gasteiger partial charge in [-0.25, -0.2) is 31.2 Å². The number of halogens is 2. The van der Waals surface area contributed by atoms with Crippen LogP contribution in [-0.4, -0.2) is 55.9 Å². The fourth-order valence-electron chi connectivity index (χ4n) is 2.62. The number of benzene rings is 1. The first-order valence-electron chi connectivity index (χ1n) is 7.15. The van der Waals surface area contributed by atoms with Gasteiger partial charge in [0, 0.05) is 31.1 Å². The minimum atomic E-state index is -3.80. The molecule has 1 aromatic rings. The molecule has 0 radical (unpaired) electrons. The van der Waals surface area contributed by atoms with Gasteiger partial charge < -0.3 is 4.74 Å². The van der Waals surface area contributed by atoms with Crippen molar-refractivity contribution in [3.05, 3.63) is 35.4 Å². The summed E-state index contributed by atoms with van der Waals surface area (Å²) in [6, 6.07) is 2.64. The second-order valence-electron chi connectivity index (χ2n) is 5.73. The number of carbonyl (C=O) groups is 2. The number of sulfonamides is 1. The Morgan fingerprint density at radius 1 is 1.21 bits per heavy atom. The van der Waals surface area contributed by atoms with E-state index in [2.05, 4.69) is 4.74 Å². The number of hydrogen-bond acceptors (Lipinski definition) is 5. The Kier molecular flexibility index (Phi) is 4.26. The highest BCUT2D eigenvalue weighted by atomic mass is 32.2. The first-order chi connectivity index (χ1) is 11.3. The molecular formula is C14H14F2N2O5S. The van der Waals surface area contributed by atoms with E-state index in [-0.39, 0.29) is 37.7 Å². The van der Waals surface area contributed by atoms with E-state index in [1.165, 1.54) is 0 Å². The average Bonchev–Trinajstić information content (AvgIpc) is 2.76. The molecule has 2 saturated heterocycles. The zero-order valence-corrected chi connectivity index (χ0v) is 13.3. The third-order valence-electron chi connectivity index (χ3n) is 3.94. The van der Waals surface area contributed by atoms with Gasteiger partial charge in [-0.2, -0.15) is 0 Å². The number of cyclic esters (lactones) is 1. The van der Waals surface area contributed by atoms with Crippen molar-refractivity contribution in [2.45, 2.75) is 5.75 Å². The minimum absolute atomic E-state index is 0.0814. The van der Waals surface area contributed by atoms with E-state index in [9.17, 15) is 26.8 Å².